The summed E-state index contributed by atoms with van der Waals surface area (Å²) in [5.74, 6) is -0.197. The summed E-state index contributed by atoms with van der Waals surface area (Å²) in [6, 6.07) is 7.39. The van der Waals surface area contributed by atoms with Crippen molar-refractivity contribution in [1.82, 2.24) is 0 Å². The molecule has 0 heterocycles. The van der Waals surface area contributed by atoms with E-state index in [0.29, 0.717) is 12.2 Å². The van der Waals surface area contributed by atoms with E-state index >= 15 is 0 Å². The summed E-state index contributed by atoms with van der Waals surface area (Å²) in [7, 11) is 0. The van der Waals surface area contributed by atoms with E-state index in [0.717, 1.165) is 19.3 Å². The van der Waals surface area contributed by atoms with Crippen LogP contribution in [0, 0.1) is 16.7 Å². The van der Waals surface area contributed by atoms with Gasteiger partial charge in [0.15, 0.2) is 5.96 Å². The molecule has 0 saturated heterocycles. The zero-order valence-corrected chi connectivity index (χ0v) is 11.7. The number of hydrogen-bond acceptors (Lipinski definition) is 3. The van der Waals surface area contributed by atoms with Crippen LogP contribution in [-0.4, -0.2) is 18.9 Å². The average Bonchev–Trinajstić information content (AvgIpc) is 2.39. The van der Waals surface area contributed by atoms with Crippen LogP contribution < -0.4 is 15.8 Å². The molecule has 0 amide bonds. The maximum Gasteiger partial charge on any atom is 0.573 e. The van der Waals surface area contributed by atoms with E-state index in [-0.39, 0.29) is 11.7 Å². The number of ether oxygens (including phenoxy) is 1. The van der Waals surface area contributed by atoms with Gasteiger partial charge in [0.25, 0.3) is 0 Å². The van der Waals surface area contributed by atoms with Gasteiger partial charge in [0.2, 0.25) is 0 Å². The average molecular weight is 312 g/mol. The molecule has 0 bridgehead atoms. The Kier molecular flexibility index (Phi) is 4.45. The summed E-state index contributed by atoms with van der Waals surface area (Å²) < 4.78 is 39.9. The molecule has 0 atom stereocenters. The number of benzene rings is 1. The number of hydrogen-bond donors (Lipinski definition) is 2. The smallest absolute Gasteiger partial charge is 0.406 e. The number of nitrogens with two attached hydrogens (primary N) is 1. The largest absolute Gasteiger partial charge is 0.573 e. The Hall–Kier alpha value is -2.43. The standard InChI is InChI=1S/C14H15F3N4O/c15-14(16,17)22-11-4-2-10(3-5-11)21-12(19)20-9-13(8-18)6-1-7-13/h2-5H,1,6-7,9H2,(H3,19,20,21). The van der Waals surface area contributed by atoms with Crippen molar-refractivity contribution in [3.63, 3.8) is 0 Å². The molecule has 0 aromatic heterocycles. The van der Waals surface area contributed by atoms with Gasteiger partial charge >= 0.3 is 6.36 Å². The molecule has 0 spiro atoms. The van der Waals surface area contributed by atoms with Gasteiger partial charge < -0.3 is 15.8 Å². The van der Waals surface area contributed by atoms with Crippen molar-refractivity contribution in [3.05, 3.63) is 24.3 Å². The van der Waals surface area contributed by atoms with Crippen LogP contribution in [0.2, 0.25) is 0 Å². The number of nitriles is 1. The number of guanidine groups is 1. The van der Waals surface area contributed by atoms with Gasteiger partial charge in [0.1, 0.15) is 5.75 Å². The minimum absolute atomic E-state index is 0.117. The Labute approximate surface area is 125 Å². The first-order valence-corrected chi connectivity index (χ1v) is 6.66. The van der Waals surface area contributed by atoms with Crippen LogP contribution in [-0.2, 0) is 0 Å². The molecule has 2 rings (SSSR count). The fraction of sp³-hybridized carbons (Fsp3) is 0.429. The fourth-order valence-corrected chi connectivity index (χ4v) is 2.07. The van der Waals surface area contributed by atoms with Crippen LogP contribution in [0.1, 0.15) is 19.3 Å². The quantitative estimate of drug-likeness (QED) is 0.661. The van der Waals surface area contributed by atoms with Crippen LogP contribution in [0.4, 0.5) is 18.9 Å². The Bertz CT molecular complexity index is 586. The first kappa shape index (κ1) is 15.9. The minimum Gasteiger partial charge on any atom is -0.406 e. The second kappa shape index (κ2) is 6.13. The third-order valence-corrected chi connectivity index (χ3v) is 3.46. The van der Waals surface area contributed by atoms with Crippen LogP contribution in [0.15, 0.2) is 29.3 Å². The number of halogens is 3. The van der Waals surface area contributed by atoms with Crippen molar-refractivity contribution in [3.8, 4) is 11.8 Å². The van der Waals surface area contributed by atoms with Gasteiger partial charge in [-0.15, -0.1) is 13.2 Å². The Morgan fingerprint density at radius 3 is 2.45 bits per heavy atom. The fourth-order valence-electron chi connectivity index (χ4n) is 2.07. The zero-order valence-electron chi connectivity index (χ0n) is 11.7. The molecule has 22 heavy (non-hydrogen) atoms. The van der Waals surface area contributed by atoms with E-state index in [4.69, 9.17) is 11.0 Å². The molecule has 0 aliphatic heterocycles. The first-order chi connectivity index (χ1) is 10.3. The number of aliphatic imine (C=N–C) groups is 1. The van der Waals surface area contributed by atoms with E-state index < -0.39 is 11.8 Å². The lowest BCUT2D eigenvalue weighted by molar-refractivity contribution is -0.274. The summed E-state index contributed by atoms with van der Waals surface area (Å²) in [5, 5.41) is 11.8. The first-order valence-electron chi connectivity index (χ1n) is 6.66. The third kappa shape index (κ3) is 4.28. The number of nitrogens with zero attached hydrogens (tertiary/aromatic N) is 2. The molecule has 5 nitrogen and oxygen atoms in total. The van der Waals surface area contributed by atoms with E-state index in [2.05, 4.69) is 21.1 Å². The van der Waals surface area contributed by atoms with Crippen LogP contribution in [0.25, 0.3) is 0 Å². The van der Waals surface area contributed by atoms with Gasteiger partial charge in [-0.2, -0.15) is 5.26 Å². The highest BCUT2D eigenvalue weighted by molar-refractivity contribution is 5.92. The van der Waals surface area contributed by atoms with Crippen LogP contribution in [0.3, 0.4) is 0 Å². The molecule has 118 valence electrons. The van der Waals surface area contributed by atoms with Crippen LogP contribution in [0.5, 0.6) is 5.75 Å². The van der Waals surface area contributed by atoms with Crippen molar-refractivity contribution >= 4 is 11.6 Å². The van der Waals surface area contributed by atoms with Gasteiger partial charge in [0, 0.05) is 5.69 Å². The van der Waals surface area contributed by atoms with E-state index in [1.807, 2.05) is 0 Å². The highest BCUT2D eigenvalue weighted by atomic mass is 19.4. The Balaban J connectivity index is 1.91. The third-order valence-electron chi connectivity index (χ3n) is 3.46. The molecule has 1 fully saturated rings. The summed E-state index contributed by atoms with van der Waals surface area (Å²) in [6.07, 6.45) is -2.09. The number of anilines is 1. The normalized spacial score (nSPS) is 17.3. The van der Waals surface area contributed by atoms with Crippen molar-refractivity contribution in [2.24, 2.45) is 16.1 Å². The van der Waals surface area contributed by atoms with Gasteiger partial charge in [0.05, 0.1) is 18.0 Å². The minimum atomic E-state index is -4.72. The maximum atomic E-state index is 12.0. The Morgan fingerprint density at radius 1 is 1.36 bits per heavy atom. The zero-order chi connectivity index (χ0) is 16.2. The molecule has 1 saturated carbocycles. The predicted octanol–water partition coefficient (Wildman–Crippen LogP) is 3.01. The highest BCUT2D eigenvalue weighted by Crippen LogP contribution is 2.40. The summed E-state index contributed by atoms with van der Waals surface area (Å²) in [6.45, 7) is 0.317. The lowest BCUT2D eigenvalue weighted by Crippen LogP contribution is -2.33. The number of nitrogens with one attached hydrogen (secondary N) is 1. The molecular formula is C14H15F3N4O. The second-order valence-electron chi connectivity index (χ2n) is 5.14. The SMILES string of the molecule is N#CC1(CN=C(N)Nc2ccc(OC(F)(F)F)cc2)CCC1. The summed E-state index contributed by atoms with van der Waals surface area (Å²) in [4.78, 5) is 4.12. The molecule has 0 radical (unpaired) electrons. The van der Waals surface area contributed by atoms with Gasteiger partial charge in [-0.1, -0.05) is 6.42 Å². The lowest BCUT2D eigenvalue weighted by atomic mass is 9.70. The molecule has 1 aliphatic carbocycles. The molecule has 8 heteroatoms. The summed E-state index contributed by atoms with van der Waals surface area (Å²) in [5.41, 5.74) is 5.77. The van der Waals surface area contributed by atoms with Crippen molar-refractivity contribution in [2.45, 2.75) is 25.6 Å². The molecule has 1 aliphatic rings. The van der Waals surface area contributed by atoms with Crippen molar-refractivity contribution in [2.75, 3.05) is 11.9 Å². The number of alkyl halides is 3. The van der Waals surface area contributed by atoms with E-state index in [9.17, 15) is 13.2 Å². The van der Waals surface area contributed by atoms with E-state index in [1.165, 1.54) is 24.3 Å². The molecule has 0 unspecified atom stereocenters. The lowest BCUT2D eigenvalue weighted by Gasteiger charge is -2.33. The van der Waals surface area contributed by atoms with Crippen molar-refractivity contribution in [1.29, 1.82) is 5.26 Å². The maximum absolute atomic E-state index is 12.0. The highest BCUT2D eigenvalue weighted by Gasteiger charge is 2.37. The molecule has 3 N–H and O–H groups in total. The molecule has 1 aromatic carbocycles. The van der Waals surface area contributed by atoms with E-state index in [1.54, 1.807) is 0 Å². The van der Waals surface area contributed by atoms with Crippen LogP contribution >= 0.6 is 0 Å². The monoisotopic (exact) mass is 312 g/mol. The molecular weight excluding hydrogens is 297 g/mol. The van der Waals surface area contributed by atoms with Gasteiger partial charge in [-0.25, -0.2) is 0 Å². The van der Waals surface area contributed by atoms with Gasteiger partial charge in [-0.05, 0) is 37.1 Å². The summed E-state index contributed by atoms with van der Waals surface area (Å²) >= 11 is 0. The topological polar surface area (TPSA) is 83.4 Å². The Morgan fingerprint density at radius 2 is 2.00 bits per heavy atom. The predicted molar refractivity (Wildman–Crippen MR) is 75.1 cm³/mol. The second-order valence-corrected chi connectivity index (χ2v) is 5.14. The number of rotatable bonds is 4. The molecule has 1 aromatic rings. The van der Waals surface area contributed by atoms with Gasteiger partial charge in [-0.3, -0.25) is 4.99 Å². The van der Waals surface area contributed by atoms with Crippen molar-refractivity contribution < 1.29 is 17.9 Å².